The molecule has 0 saturated heterocycles. The number of rotatable bonds is 2. The van der Waals surface area contributed by atoms with E-state index >= 15 is 0 Å². The van der Waals surface area contributed by atoms with E-state index in [9.17, 15) is 0 Å². The third-order valence-electron chi connectivity index (χ3n) is 0.439. The Hall–Kier alpha value is -0.850. The topological polar surface area (TPSA) is 12.4 Å². The van der Waals surface area contributed by atoms with E-state index in [1.54, 1.807) is 6.08 Å². The van der Waals surface area contributed by atoms with Crippen molar-refractivity contribution in [3.8, 4) is 0 Å². The summed E-state index contributed by atoms with van der Waals surface area (Å²) in [7, 11) is 0. The molecule has 0 unspecified atom stereocenters. The molecule has 0 saturated carbocycles. The fraction of sp³-hybridized carbons (Fsp3) is 0.444. The maximum atomic E-state index is 3.44. The van der Waals surface area contributed by atoms with Crippen LogP contribution in [0.1, 0.15) is 27.7 Å². The summed E-state index contributed by atoms with van der Waals surface area (Å²) in [5, 5.41) is 0. The van der Waals surface area contributed by atoms with E-state index in [2.05, 4.69) is 24.9 Å². The summed E-state index contributed by atoms with van der Waals surface area (Å²) in [5.74, 6) is 0. The molecule has 0 aromatic carbocycles. The van der Waals surface area contributed by atoms with Crippen molar-refractivity contribution >= 4 is 6.72 Å². The van der Waals surface area contributed by atoms with Crippen LogP contribution in [0.5, 0.6) is 0 Å². The van der Waals surface area contributed by atoms with Gasteiger partial charge in [0.2, 0.25) is 0 Å². The SMILES string of the molecule is C=CC(=C)N=C.CC.CC. The first kappa shape index (κ1) is 16.1. The van der Waals surface area contributed by atoms with Crippen molar-refractivity contribution in [3.63, 3.8) is 0 Å². The molecule has 0 aliphatic heterocycles. The molecular weight excluding hydrogens is 122 g/mol. The van der Waals surface area contributed by atoms with Gasteiger partial charge < -0.3 is 0 Å². The van der Waals surface area contributed by atoms with Crippen LogP contribution in [0.2, 0.25) is 0 Å². The van der Waals surface area contributed by atoms with Crippen molar-refractivity contribution < 1.29 is 0 Å². The Bertz CT molecular complexity index is 72.7. The zero-order valence-corrected chi connectivity index (χ0v) is 7.65. The maximum absolute atomic E-state index is 3.44. The summed E-state index contributed by atoms with van der Waals surface area (Å²) >= 11 is 0. The molecule has 60 valence electrons. The van der Waals surface area contributed by atoms with Gasteiger partial charge in [0.1, 0.15) is 0 Å². The van der Waals surface area contributed by atoms with Crippen LogP contribution in [0.4, 0.5) is 0 Å². The summed E-state index contributed by atoms with van der Waals surface area (Å²) in [6, 6.07) is 0. The molecule has 0 atom stereocenters. The Kier molecular flexibility index (Phi) is 38.9. The summed E-state index contributed by atoms with van der Waals surface area (Å²) in [6.45, 7) is 18.1. The zero-order valence-electron chi connectivity index (χ0n) is 7.65. The Morgan fingerprint density at radius 3 is 1.50 bits per heavy atom. The number of hydrogen-bond donors (Lipinski definition) is 0. The van der Waals surface area contributed by atoms with Crippen molar-refractivity contribution in [2.24, 2.45) is 4.99 Å². The first-order valence-corrected chi connectivity index (χ1v) is 3.59. The van der Waals surface area contributed by atoms with E-state index in [1.807, 2.05) is 27.7 Å². The van der Waals surface area contributed by atoms with Gasteiger partial charge in [0, 0.05) is 0 Å². The van der Waals surface area contributed by atoms with Gasteiger partial charge in [-0.25, -0.2) is 0 Å². The average Bonchev–Trinajstić information content (AvgIpc) is 2.10. The van der Waals surface area contributed by atoms with Gasteiger partial charge in [0.25, 0.3) is 0 Å². The fourth-order valence-electron chi connectivity index (χ4n) is 0.0645. The van der Waals surface area contributed by atoms with Gasteiger partial charge in [-0.3, -0.25) is 4.99 Å². The Morgan fingerprint density at radius 1 is 1.20 bits per heavy atom. The molecule has 0 spiro atoms. The summed E-state index contributed by atoms with van der Waals surface area (Å²) < 4.78 is 0. The van der Waals surface area contributed by atoms with E-state index in [1.165, 1.54) is 0 Å². The first-order chi connectivity index (χ1) is 4.81. The van der Waals surface area contributed by atoms with Gasteiger partial charge in [-0.15, -0.1) is 0 Å². The molecule has 0 heterocycles. The lowest BCUT2D eigenvalue weighted by atomic mass is 10.5. The van der Waals surface area contributed by atoms with Crippen LogP contribution in [0.15, 0.2) is 29.9 Å². The summed E-state index contributed by atoms with van der Waals surface area (Å²) in [5.41, 5.74) is 0.620. The minimum atomic E-state index is 0.620. The molecule has 0 radical (unpaired) electrons. The lowest BCUT2D eigenvalue weighted by Crippen LogP contribution is -1.57. The predicted octanol–water partition coefficient (Wildman–Crippen LogP) is 3.44. The number of allylic oxidation sites excluding steroid dienone is 1. The third kappa shape index (κ3) is 27.3. The van der Waals surface area contributed by atoms with Gasteiger partial charge in [-0.2, -0.15) is 0 Å². The van der Waals surface area contributed by atoms with Crippen molar-refractivity contribution in [1.29, 1.82) is 0 Å². The average molecular weight is 141 g/mol. The molecule has 0 fully saturated rings. The molecule has 0 aromatic heterocycles. The zero-order chi connectivity index (χ0) is 8.99. The molecule has 0 bridgehead atoms. The van der Waals surface area contributed by atoms with Gasteiger partial charge in [-0.1, -0.05) is 40.9 Å². The standard InChI is InChI=1S/C5H7N.2C2H6/c1-4-5(2)6-3;2*1-2/h4H,1-3H2;2*1-2H3. The second-order valence-electron chi connectivity index (χ2n) is 0.854. The van der Waals surface area contributed by atoms with E-state index in [-0.39, 0.29) is 0 Å². The number of hydrogen-bond acceptors (Lipinski definition) is 1. The lowest BCUT2D eigenvalue weighted by Gasteiger charge is -1.77. The highest BCUT2D eigenvalue weighted by Crippen LogP contribution is 1.86. The molecule has 10 heavy (non-hydrogen) atoms. The van der Waals surface area contributed by atoms with Crippen LogP contribution in [0, 0.1) is 0 Å². The minimum absolute atomic E-state index is 0.620. The van der Waals surface area contributed by atoms with E-state index in [0.29, 0.717) is 5.70 Å². The smallest absolute Gasteiger partial charge is 0.0544 e. The highest BCUT2D eigenvalue weighted by Gasteiger charge is 1.66. The normalized spacial score (nSPS) is 5.20. The van der Waals surface area contributed by atoms with Gasteiger partial charge in [0.15, 0.2) is 0 Å². The molecule has 0 aliphatic carbocycles. The summed E-state index contributed by atoms with van der Waals surface area (Å²) in [4.78, 5) is 3.44. The third-order valence-corrected chi connectivity index (χ3v) is 0.439. The molecule has 1 nitrogen and oxygen atoms in total. The quantitative estimate of drug-likeness (QED) is 0.412. The van der Waals surface area contributed by atoms with Crippen LogP contribution in [0.25, 0.3) is 0 Å². The first-order valence-electron chi connectivity index (χ1n) is 3.59. The van der Waals surface area contributed by atoms with E-state index in [4.69, 9.17) is 0 Å². The maximum Gasteiger partial charge on any atom is 0.0544 e. The van der Waals surface area contributed by atoms with E-state index < -0.39 is 0 Å². The van der Waals surface area contributed by atoms with Crippen LogP contribution >= 0.6 is 0 Å². The Balaban J connectivity index is -0.000000105. The lowest BCUT2D eigenvalue weighted by molar-refractivity contribution is 1.48. The molecular formula is C9H19N. The van der Waals surface area contributed by atoms with Crippen LogP contribution in [-0.4, -0.2) is 6.72 Å². The van der Waals surface area contributed by atoms with Gasteiger partial charge in [-0.05, 0) is 12.8 Å². The van der Waals surface area contributed by atoms with Gasteiger partial charge >= 0.3 is 0 Å². The molecule has 0 rings (SSSR count). The van der Waals surface area contributed by atoms with Crippen molar-refractivity contribution in [2.75, 3.05) is 0 Å². The molecule has 0 N–H and O–H groups in total. The monoisotopic (exact) mass is 141 g/mol. The minimum Gasteiger partial charge on any atom is -0.265 e. The van der Waals surface area contributed by atoms with E-state index in [0.717, 1.165) is 0 Å². The van der Waals surface area contributed by atoms with Crippen LogP contribution in [0.3, 0.4) is 0 Å². The van der Waals surface area contributed by atoms with Crippen LogP contribution < -0.4 is 0 Å². The Morgan fingerprint density at radius 2 is 1.50 bits per heavy atom. The highest BCUT2D eigenvalue weighted by atomic mass is 14.7. The highest BCUT2D eigenvalue weighted by molar-refractivity contribution is 5.30. The molecule has 1 heteroatoms. The number of aliphatic imine (C=N–C) groups is 1. The van der Waals surface area contributed by atoms with Gasteiger partial charge in [0.05, 0.1) is 5.70 Å². The molecule has 0 amide bonds. The number of nitrogens with zero attached hydrogens (tertiary/aromatic N) is 1. The largest absolute Gasteiger partial charge is 0.265 e. The van der Waals surface area contributed by atoms with Crippen molar-refractivity contribution in [3.05, 3.63) is 24.9 Å². The second kappa shape index (κ2) is 24.2. The molecule has 0 aromatic rings. The predicted molar refractivity (Wildman–Crippen MR) is 51.6 cm³/mol. The van der Waals surface area contributed by atoms with Crippen LogP contribution in [-0.2, 0) is 0 Å². The fourth-order valence-corrected chi connectivity index (χ4v) is 0.0645. The molecule has 0 aliphatic rings. The second-order valence-corrected chi connectivity index (χ2v) is 0.854. The summed E-state index contributed by atoms with van der Waals surface area (Å²) in [6.07, 6.45) is 1.55. The van der Waals surface area contributed by atoms with Crippen molar-refractivity contribution in [2.45, 2.75) is 27.7 Å². The van der Waals surface area contributed by atoms with Crippen molar-refractivity contribution in [1.82, 2.24) is 0 Å². The Labute approximate surface area is 65.2 Å².